The first-order valence-corrected chi connectivity index (χ1v) is 5.93. The lowest BCUT2D eigenvalue weighted by Gasteiger charge is -2.17. The molecule has 0 aliphatic heterocycles. The number of hydrogen-bond acceptors (Lipinski definition) is 1. The first-order chi connectivity index (χ1) is 7.65. The number of amides is 1. The van der Waals surface area contributed by atoms with Crippen molar-refractivity contribution in [3.63, 3.8) is 0 Å². The number of carbonyl (C=O) groups excluding carboxylic acids is 1. The van der Waals surface area contributed by atoms with E-state index in [0.29, 0.717) is 6.42 Å². The molecule has 0 N–H and O–H groups in total. The first-order valence-electron chi connectivity index (χ1n) is 5.93. The Morgan fingerprint density at radius 1 is 1.31 bits per heavy atom. The Morgan fingerprint density at radius 2 is 2.00 bits per heavy atom. The Bertz CT molecular complexity index is 346. The van der Waals surface area contributed by atoms with Crippen LogP contribution in [0.2, 0.25) is 0 Å². The van der Waals surface area contributed by atoms with E-state index in [9.17, 15) is 4.79 Å². The molecule has 1 rings (SSSR count). The summed E-state index contributed by atoms with van der Waals surface area (Å²) >= 11 is 0. The van der Waals surface area contributed by atoms with Crippen molar-refractivity contribution >= 4 is 5.91 Å². The van der Waals surface area contributed by atoms with Crippen LogP contribution >= 0.6 is 0 Å². The topological polar surface area (TPSA) is 20.3 Å². The molecule has 0 saturated heterocycles. The minimum absolute atomic E-state index is 0.211. The van der Waals surface area contributed by atoms with E-state index in [-0.39, 0.29) is 5.91 Å². The molecule has 0 heterocycles. The summed E-state index contributed by atoms with van der Waals surface area (Å²) in [6.45, 7) is 5.05. The van der Waals surface area contributed by atoms with Crippen molar-refractivity contribution in [3.05, 3.63) is 35.4 Å². The Balaban J connectivity index is 2.54. The number of aryl methyl sites for hydroxylation is 1. The number of rotatable bonds is 5. The molecule has 0 aliphatic rings. The Hall–Kier alpha value is -1.31. The van der Waals surface area contributed by atoms with Crippen molar-refractivity contribution in [1.82, 2.24) is 4.90 Å². The van der Waals surface area contributed by atoms with E-state index < -0.39 is 0 Å². The number of unbranched alkanes of at least 4 members (excludes halogenated alkanes) is 1. The molecular formula is C14H21NO. The number of hydrogen-bond donors (Lipinski definition) is 0. The number of nitrogens with zero attached hydrogens (tertiary/aromatic N) is 1. The van der Waals surface area contributed by atoms with E-state index in [1.165, 1.54) is 5.56 Å². The molecule has 0 spiro atoms. The lowest BCUT2D eigenvalue weighted by atomic mass is 10.1. The van der Waals surface area contributed by atoms with Gasteiger partial charge in [-0.3, -0.25) is 4.79 Å². The fourth-order valence-corrected chi connectivity index (χ4v) is 1.63. The molecule has 0 aromatic heterocycles. The second-order valence-corrected chi connectivity index (χ2v) is 4.27. The van der Waals surface area contributed by atoms with Gasteiger partial charge >= 0.3 is 0 Å². The third kappa shape index (κ3) is 3.69. The zero-order valence-corrected chi connectivity index (χ0v) is 10.5. The van der Waals surface area contributed by atoms with Crippen LogP contribution in [0.25, 0.3) is 0 Å². The van der Waals surface area contributed by atoms with Crippen LogP contribution in [0.3, 0.4) is 0 Å². The van der Waals surface area contributed by atoms with Gasteiger partial charge in [0.15, 0.2) is 0 Å². The molecule has 2 nitrogen and oxygen atoms in total. The average molecular weight is 219 g/mol. The van der Waals surface area contributed by atoms with Gasteiger partial charge in [-0.05, 0) is 24.5 Å². The third-order valence-corrected chi connectivity index (χ3v) is 2.88. The molecule has 16 heavy (non-hydrogen) atoms. The van der Waals surface area contributed by atoms with E-state index in [4.69, 9.17) is 0 Å². The molecule has 1 amide bonds. The summed E-state index contributed by atoms with van der Waals surface area (Å²) in [5.74, 6) is 0.211. The molecule has 88 valence electrons. The molecule has 0 saturated carbocycles. The van der Waals surface area contributed by atoms with Gasteiger partial charge in [0.25, 0.3) is 0 Å². The van der Waals surface area contributed by atoms with Crippen molar-refractivity contribution in [3.8, 4) is 0 Å². The van der Waals surface area contributed by atoms with Crippen LogP contribution in [0, 0.1) is 6.92 Å². The smallest absolute Gasteiger partial charge is 0.226 e. The Kier molecular flexibility index (Phi) is 5.03. The first kappa shape index (κ1) is 12.8. The van der Waals surface area contributed by atoms with E-state index >= 15 is 0 Å². The van der Waals surface area contributed by atoms with Crippen LogP contribution in [0.4, 0.5) is 0 Å². The predicted molar refractivity (Wildman–Crippen MR) is 67.4 cm³/mol. The van der Waals surface area contributed by atoms with Crippen molar-refractivity contribution in [2.45, 2.75) is 33.1 Å². The maximum absolute atomic E-state index is 11.9. The quantitative estimate of drug-likeness (QED) is 0.745. The van der Waals surface area contributed by atoms with E-state index in [1.54, 1.807) is 0 Å². The van der Waals surface area contributed by atoms with Gasteiger partial charge in [-0.15, -0.1) is 0 Å². The molecule has 0 atom stereocenters. The number of benzene rings is 1. The van der Waals surface area contributed by atoms with Gasteiger partial charge in [0.05, 0.1) is 6.42 Å². The van der Waals surface area contributed by atoms with E-state index in [2.05, 4.69) is 19.9 Å². The maximum atomic E-state index is 11.9. The minimum Gasteiger partial charge on any atom is -0.345 e. The highest BCUT2D eigenvalue weighted by Gasteiger charge is 2.09. The second-order valence-electron chi connectivity index (χ2n) is 4.27. The van der Waals surface area contributed by atoms with Gasteiger partial charge in [-0.2, -0.15) is 0 Å². The molecule has 1 aromatic rings. The SMILES string of the molecule is CCCCN(C)C(=O)Cc1ccccc1C. The van der Waals surface area contributed by atoms with Gasteiger partial charge in [0.2, 0.25) is 5.91 Å². The summed E-state index contributed by atoms with van der Waals surface area (Å²) in [7, 11) is 1.89. The largest absolute Gasteiger partial charge is 0.345 e. The van der Waals surface area contributed by atoms with Gasteiger partial charge < -0.3 is 4.90 Å². The lowest BCUT2D eigenvalue weighted by Crippen LogP contribution is -2.29. The summed E-state index contributed by atoms with van der Waals surface area (Å²) in [4.78, 5) is 13.7. The average Bonchev–Trinajstić information content (AvgIpc) is 2.28. The van der Waals surface area contributed by atoms with Crippen LogP contribution in [-0.2, 0) is 11.2 Å². The molecule has 1 aromatic carbocycles. The fraction of sp³-hybridized carbons (Fsp3) is 0.500. The molecular weight excluding hydrogens is 198 g/mol. The Morgan fingerprint density at radius 3 is 2.62 bits per heavy atom. The van der Waals surface area contributed by atoms with Crippen LogP contribution in [0.15, 0.2) is 24.3 Å². The number of carbonyl (C=O) groups is 1. The molecule has 2 heteroatoms. The van der Waals surface area contributed by atoms with Crippen molar-refractivity contribution in [1.29, 1.82) is 0 Å². The minimum atomic E-state index is 0.211. The van der Waals surface area contributed by atoms with Crippen LogP contribution < -0.4 is 0 Å². The molecule has 0 aliphatic carbocycles. The van der Waals surface area contributed by atoms with E-state index in [0.717, 1.165) is 24.9 Å². The zero-order chi connectivity index (χ0) is 12.0. The standard InChI is InChI=1S/C14H21NO/c1-4-5-10-15(3)14(16)11-13-9-7-6-8-12(13)2/h6-9H,4-5,10-11H2,1-3H3. The maximum Gasteiger partial charge on any atom is 0.226 e. The highest BCUT2D eigenvalue weighted by Crippen LogP contribution is 2.09. The van der Waals surface area contributed by atoms with Crippen LogP contribution in [0.1, 0.15) is 30.9 Å². The third-order valence-electron chi connectivity index (χ3n) is 2.88. The highest BCUT2D eigenvalue weighted by atomic mass is 16.2. The van der Waals surface area contributed by atoms with Crippen molar-refractivity contribution in [2.75, 3.05) is 13.6 Å². The zero-order valence-electron chi connectivity index (χ0n) is 10.5. The normalized spacial score (nSPS) is 10.2. The summed E-state index contributed by atoms with van der Waals surface area (Å²) in [5, 5.41) is 0. The molecule has 0 unspecified atom stereocenters. The predicted octanol–water partition coefficient (Wildman–Crippen LogP) is 2.80. The number of likely N-dealkylation sites (N-methyl/N-ethyl adjacent to an activating group) is 1. The second kappa shape index (κ2) is 6.31. The monoisotopic (exact) mass is 219 g/mol. The summed E-state index contributed by atoms with van der Waals surface area (Å²) < 4.78 is 0. The lowest BCUT2D eigenvalue weighted by molar-refractivity contribution is -0.129. The van der Waals surface area contributed by atoms with Gasteiger partial charge in [0.1, 0.15) is 0 Å². The molecule has 0 fully saturated rings. The van der Waals surface area contributed by atoms with Gasteiger partial charge in [-0.1, -0.05) is 37.6 Å². The van der Waals surface area contributed by atoms with Crippen LogP contribution in [0.5, 0.6) is 0 Å². The summed E-state index contributed by atoms with van der Waals surface area (Å²) in [5.41, 5.74) is 2.33. The molecule has 0 radical (unpaired) electrons. The van der Waals surface area contributed by atoms with E-state index in [1.807, 2.05) is 30.1 Å². The fourth-order valence-electron chi connectivity index (χ4n) is 1.63. The van der Waals surface area contributed by atoms with Crippen molar-refractivity contribution < 1.29 is 4.79 Å². The highest BCUT2D eigenvalue weighted by molar-refractivity contribution is 5.78. The molecule has 0 bridgehead atoms. The Labute approximate surface area is 98.3 Å². The van der Waals surface area contributed by atoms with Gasteiger partial charge in [-0.25, -0.2) is 0 Å². The van der Waals surface area contributed by atoms with Crippen molar-refractivity contribution in [2.24, 2.45) is 0 Å². The van der Waals surface area contributed by atoms with Crippen LogP contribution in [-0.4, -0.2) is 24.4 Å². The summed E-state index contributed by atoms with van der Waals surface area (Å²) in [6, 6.07) is 8.07. The van der Waals surface area contributed by atoms with Gasteiger partial charge in [0, 0.05) is 13.6 Å². The summed E-state index contributed by atoms with van der Waals surface area (Å²) in [6.07, 6.45) is 2.73.